The number of terminal acetylenes is 1. The number of nitrogens with one attached hydrogen (secondary N) is 1. The number of nitrogens with zero attached hydrogens (tertiary/aromatic N) is 1. The van der Waals surface area contributed by atoms with E-state index < -0.39 is 5.60 Å². The maximum atomic E-state index is 11.6. The quantitative estimate of drug-likeness (QED) is 0.759. The summed E-state index contributed by atoms with van der Waals surface area (Å²) in [5.41, 5.74) is -0.424. The second-order valence-electron chi connectivity index (χ2n) is 5.56. The van der Waals surface area contributed by atoms with Crippen LogP contribution in [0.2, 0.25) is 0 Å². The van der Waals surface area contributed by atoms with Gasteiger partial charge in [-0.25, -0.2) is 4.79 Å². The minimum atomic E-state index is -0.424. The molecule has 4 nitrogen and oxygen atoms in total. The van der Waals surface area contributed by atoms with Crippen LogP contribution in [0.1, 0.15) is 34.1 Å². The molecule has 4 heteroatoms. The van der Waals surface area contributed by atoms with E-state index in [0.717, 1.165) is 0 Å². The van der Waals surface area contributed by atoms with Crippen molar-refractivity contribution in [1.82, 2.24) is 10.2 Å². The van der Waals surface area contributed by atoms with Gasteiger partial charge in [0.05, 0.1) is 0 Å². The van der Waals surface area contributed by atoms with Crippen molar-refractivity contribution in [3.05, 3.63) is 0 Å². The first-order valence-electron chi connectivity index (χ1n) is 5.99. The van der Waals surface area contributed by atoms with E-state index in [0.29, 0.717) is 31.6 Å². The lowest BCUT2D eigenvalue weighted by Gasteiger charge is -2.41. The molecule has 0 aliphatic carbocycles. The SMILES string of the molecule is C#CCC(C)NC1CN(C(=O)OC(C)(C)C)C1. The van der Waals surface area contributed by atoms with Gasteiger partial charge in [-0.15, -0.1) is 12.3 Å². The molecule has 1 atom stereocenters. The van der Waals surface area contributed by atoms with Crippen LogP contribution in [0.25, 0.3) is 0 Å². The number of hydrogen-bond acceptors (Lipinski definition) is 3. The van der Waals surface area contributed by atoms with Crippen LogP contribution in [0.5, 0.6) is 0 Å². The summed E-state index contributed by atoms with van der Waals surface area (Å²) in [6.07, 6.45) is 5.71. The largest absolute Gasteiger partial charge is 0.444 e. The number of amides is 1. The summed E-state index contributed by atoms with van der Waals surface area (Å²) in [5.74, 6) is 2.62. The molecule has 0 bridgehead atoms. The fraction of sp³-hybridized carbons (Fsp3) is 0.769. The Morgan fingerprint density at radius 3 is 2.65 bits per heavy atom. The Balaban J connectivity index is 2.23. The number of rotatable bonds is 3. The molecule has 0 aromatic heterocycles. The van der Waals surface area contributed by atoms with Crippen molar-refractivity contribution in [3.63, 3.8) is 0 Å². The predicted molar refractivity (Wildman–Crippen MR) is 67.6 cm³/mol. The third kappa shape index (κ3) is 4.66. The van der Waals surface area contributed by atoms with Crippen LogP contribution in [0.15, 0.2) is 0 Å². The fourth-order valence-corrected chi connectivity index (χ4v) is 1.70. The van der Waals surface area contributed by atoms with E-state index in [9.17, 15) is 4.79 Å². The number of likely N-dealkylation sites (tertiary alicyclic amines) is 1. The van der Waals surface area contributed by atoms with Gasteiger partial charge < -0.3 is 15.0 Å². The Morgan fingerprint density at radius 1 is 1.59 bits per heavy atom. The third-order valence-corrected chi connectivity index (χ3v) is 2.48. The molecule has 1 rings (SSSR count). The monoisotopic (exact) mass is 238 g/mol. The molecule has 0 radical (unpaired) electrons. The summed E-state index contributed by atoms with van der Waals surface area (Å²) in [6.45, 7) is 9.06. The molecule has 1 N–H and O–H groups in total. The zero-order valence-electron chi connectivity index (χ0n) is 11.1. The van der Waals surface area contributed by atoms with Crippen LogP contribution < -0.4 is 5.32 Å². The Hall–Kier alpha value is -1.21. The zero-order valence-corrected chi connectivity index (χ0v) is 11.1. The van der Waals surface area contributed by atoms with Crippen LogP contribution in [0, 0.1) is 12.3 Å². The number of carbonyl (C=O) groups excluding carboxylic acids is 1. The Morgan fingerprint density at radius 2 is 2.18 bits per heavy atom. The summed E-state index contributed by atoms with van der Waals surface area (Å²) in [7, 11) is 0. The lowest BCUT2D eigenvalue weighted by Crippen LogP contribution is -2.61. The Bertz CT molecular complexity index is 308. The van der Waals surface area contributed by atoms with Crippen molar-refractivity contribution < 1.29 is 9.53 Å². The highest BCUT2D eigenvalue weighted by atomic mass is 16.6. The summed E-state index contributed by atoms with van der Waals surface area (Å²) >= 11 is 0. The van der Waals surface area contributed by atoms with Gasteiger partial charge in [0.15, 0.2) is 0 Å². The molecule has 1 amide bonds. The van der Waals surface area contributed by atoms with Crippen molar-refractivity contribution in [3.8, 4) is 12.3 Å². The number of carbonyl (C=O) groups is 1. The van der Waals surface area contributed by atoms with Crippen LogP contribution in [-0.2, 0) is 4.74 Å². The van der Waals surface area contributed by atoms with Gasteiger partial charge in [0, 0.05) is 31.6 Å². The summed E-state index contributed by atoms with van der Waals surface area (Å²) < 4.78 is 5.27. The molecule has 0 saturated carbocycles. The van der Waals surface area contributed by atoms with E-state index >= 15 is 0 Å². The third-order valence-electron chi connectivity index (χ3n) is 2.48. The first kappa shape index (κ1) is 13.9. The van der Waals surface area contributed by atoms with Crippen molar-refractivity contribution in [2.45, 2.75) is 51.8 Å². The minimum absolute atomic E-state index is 0.236. The van der Waals surface area contributed by atoms with Gasteiger partial charge in [-0.1, -0.05) is 0 Å². The summed E-state index contributed by atoms with van der Waals surface area (Å²) in [5, 5.41) is 3.37. The first-order chi connectivity index (χ1) is 7.81. The topological polar surface area (TPSA) is 41.6 Å². The van der Waals surface area contributed by atoms with Crippen LogP contribution >= 0.6 is 0 Å². The van der Waals surface area contributed by atoms with Gasteiger partial charge in [-0.05, 0) is 27.7 Å². The molecule has 1 unspecified atom stereocenters. The normalized spacial score (nSPS) is 18.2. The molecule has 1 fully saturated rings. The Labute approximate surface area is 104 Å². The van der Waals surface area contributed by atoms with E-state index in [1.54, 1.807) is 4.90 Å². The minimum Gasteiger partial charge on any atom is -0.444 e. The lowest BCUT2D eigenvalue weighted by molar-refractivity contribution is 0.00441. The van der Waals surface area contributed by atoms with Crippen LogP contribution in [-0.4, -0.2) is 41.8 Å². The smallest absolute Gasteiger partial charge is 0.410 e. The lowest BCUT2D eigenvalue weighted by atomic mass is 10.1. The van der Waals surface area contributed by atoms with Crippen LogP contribution in [0.4, 0.5) is 4.79 Å². The highest BCUT2D eigenvalue weighted by Gasteiger charge is 2.33. The van der Waals surface area contributed by atoms with Gasteiger partial charge in [0.2, 0.25) is 0 Å². The fourth-order valence-electron chi connectivity index (χ4n) is 1.70. The predicted octanol–water partition coefficient (Wildman–Crippen LogP) is 1.61. The molecular formula is C13H22N2O2. The highest BCUT2D eigenvalue weighted by molar-refractivity contribution is 5.69. The van der Waals surface area contributed by atoms with E-state index in [1.165, 1.54) is 0 Å². The van der Waals surface area contributed by atoms with Gasteiger partial charge in [-0.2, -0.15) is 0 Å². The van der Waals surface area contributed by atoms with Crippen molar-refractivity contribution in [2.24, 2.45) is 0 Å². The van der Waals surface area contributed by atoms with E-state index in [-0.39, 0.29) is 6.09 Å². The van der Waals surface area contributed by atoms with E-state index in [4.69, 9.17) is 11.2 Å². The van der Waals surface area contributed by atoms with Gasteiger partial charge >= 0.3 is 6.09 Å². The zero-order chi connectivity index (χ0) is 13.1. The number of ether oxygens (including phenoxy) is 1. The molecule has 0 aromatic carbocycles. The second kappa shape index (κ2) is 5.42. The van der Waals surface area contributed by atoms with E-state index in [2.05, 4.69) is 18.2 Å². The molecule has 17 heavy (non-hydrogen) atoms. The molecule has 0 spiro atoms. The van der Waals surface area contributed by atoms with Crippen molar-refractivity contribution in [1.29, 1.82) is 0 Å². The molecule has 0 aromatic rings. The van der Waals surface area contributed by atoms with Gasteiger partial charge in [0.25, 0.3) is 0 Å². The molecule has 1 heterocycles. The van der Waals surface area contributed by atoms with Gasteiger partial charge in [-0.3, -0.25) is 0 Å². The maximum Gasteiger partial charge on any atom is 0.410 e. The summed E-state index contributed by atoms with van der Waals surface area (Å²) in [6, 6.07) is 0.636. The highest BCUT2D eigenvalue weighted by Crippen LogP contribution is 2.15. The van der Waals surface area contributed by atoms with Gasteiger partial charge in [0.1, 0.15) is 5.60 Å². The van der Waals surface area contributed by atoms with E-state index in [1.807, 2.05) is 20.8 Å². The van der Waals surface area contributed by atoms with Crippen molar-refractivity contribution in [2.75, 3.05) is 13.1 Å². The molecule has 1 aliphatic heterocycles. The average Bonchev–Trinajstić information content (AvgIpc) is 2.07. The number of hydrogen-bond donors (Lipinski definition) is 1. The average molecular weight is 238 g/mol. The molecule has 1 saturated heterocycles. The maximum absolute atomic E-state index is 11.6. The summed E-state index contributed by atoms with van der Waals surface area (Å²) in [4.78, 5) is 13.3. The second-order valence-corrected chi connectivity index (χ2v) is 5.56. The first-order valence-corrected chi connectivity index (χ1v) is 5.99. The van der Waals surface area contributed by atoms with Crippen molar-refractivity contribution >= 4 is 6.09 Å². The standard InChI is InChI=1S/C13H22N2O2/c1-6-7-10(2)14-11-8-15(9-11)12(16)17-13(3,4)5/h1,10-11,14H,7-9H2,2-5H3. The molecular weight excluding hydrogens is 216 g/mol. The van der Waals surface area contributed by atoms with Crippen LogP contribution in [0.3, 0.4) is 0 Å². The molecule has 96 valence electrons. The molecule has 1 aliphatic rings. The Kier molecular flexibility index (Phi) is 4.41.